The average Bonchev–Trinajstić information content (AvgIpc) is 3.26. The number of thioether (sulfide) groups is 1. The van der Waals surface area contributed by atoms with Crippen molar-refractivity contribution in [2.24, 2.45) is 0 Å². The van der Waals surface area contributed by atoms with Crippen LogP contribution in [0.15, 0.2) is 11.1 Å². The van der Waals surface area contributed by atoms with E-state index >= 15 is 0 Å². The molecule has 1 saturated carbocycles. The fourth-order valence-electron chi connectivity index (χ4n) is 3.66. The van der Waals surface area contributed by atoms with Crippen molar-refractivity contribution < 1.29 is 5.11 Å². The van der Waals surface area contributed by atoms with E-state index in [2.05, 4.69) is 44.6 Å². The molecule has 0 bridgehead atoms. The summed E-state index contributed by atoms with van der Waals surface area (Å²) in [7, 11) is 0. The van der Waals surface area contributed by atoms with Crippen LogP contribution in [-0.2, 0) is 0 Å². The Labute approximate surface area is 142 Å². The van der Waals surface area contributed by atoms with Crippen LogP contribution in [0.2, 0.25) is 0 Å². The Bertz CT molecular complexity index is 473. The molecule has 0 amide bonds. The van der Waals surface area contributed by atoms with Crippen molar-refractivity contribution in [3.8, 4) is 0 Å². The molecule has 0 aromatic carbocycles. The fraction of sp³-hybridized carbons (Fsp3) is 0.867. The van der Waals surface area contributed by atoms with E-state index in [0.29, 0.717) is 18.2 Å². The highest BCUT2D eigenvalue weighted by molar-refractivity contribution is 8.03. The second-order valence-electron chi connectivity index (χ2n) is 7.11. The molecule has 130 valence electrons. The quantitative estimate of drug-likeness (QED) is 0.369. The van der Waals surface area contributed by atoms with Gasteiger partial charge < -0.3 is 15.3 Å². The highest BCUT2D eigenvalue weighted by atomic mass is 32.2. The summed E-state index contributed by atoms with van der Waals surface area (Å²) in [6, 6.07) is 0.923. The Hall–Kier alpha value is -0.350. The average molecular weight is 340 g/mol. The predicted molar refractivity (Wildman–Crippen MR) is 92.5 cm³/mol. The van der Waals surface area contributed by atoms with Gasteiger partial charge >= 0.3 is 0 Å². The van der Waals surface area contributed by atoms with Crippen LogP contribution in [0.4, 0.5) is 0 Å². The first-order chi connectivity index (χ1) is 11.2. The van der Waals surface area contributed by atoms with E-state index < -0.39 is 0 Å². The summed E-state index contributed by atoms with van der Waals surface area (Å²) in [6.07, 6.45) is 5.32. The molecule has 4 rings (SSSR count). The normalized spacial score (nSPS) is 37.2. The molecule has 6 N–H and O–H groups in total. The highest BCUT2D eigenvalue weighted by Crippen LogP contribution is 2.35. The SMILES string of the molecule is CC(CO)(NC1CC1)C1=CN(C2NCNC3NCNC32)CCS1. The second-order valence-corrected chi connectivity index (χ2v) is 8.24. The van der Waals surface area contributed by atoms with E-state index in [1.165, 1.54) is 17.7 Å². The standard InChI is InChI=1S/C15H28N6OS/c1-15(7-22,20-10-2-3-10)11-6-21(4-5-23-11)14-12-13(17-8-16-12)18-9-19-14/h6,10,12-14,16-20,22H,2-5,7-9H2,1H3. The van der Waals surface area contributed by atoms with Crippen molar-refractivity contribution in [1.29, 1.82) is 0 Å². The van der Waals surface area contributed by atoms with Gasteiger partial charge in [0.15, 0.2) is 0 Å². The number of hydrogen-bond acceptors (Lipinski definition) is 8. The first-order valence-corrected chi connectivity index (χ1v) is 9.61. The maximum atomic E-state index is 9.98. The van der Waals surface area contributed by atoms with Gasteiger partial charge in [-0.25, -0.2) is 0 Å². The number of aliphatic hydroxyl groups is 1. The van der Waals surface area contributed by atoms with Crippen LogP contribution in [0.3, 0.4) is 0 Å². The van der Waals surface area contributed by atoms with Crippen molar-refractivity contribution in [2.45, 2.75) is 49.7 Å². The number of aliphatic hydroxyl groups excluding tert-OH is 1. The van der Waals surface area contributed by atoms with Crippen LogP contribution in [0.25, 0.3) is 0 Å². The van der Waals surface area contributed by atoms with E-state index in [-0.39, 0.29) is 18.3 Å². The van der Waals surface area contributed by atoms with Crippen LogP contribution < -0.4 is 26.6 Å². The zero-order valence-electron chi connectivity index (χ0n) is 13.6. The lowest BCUT2D eigenvalue weighted by Gasteiger charge is -2.44. The summed E-state index contributed by atoms with van der Waals surface area (Å²) in [5.74, 6) is 1.06. The fourth-order valence-corrected chi connectivity index (χ4v) is 4.83. The van der Waals surface area contributed by atoms with Crippen molar-refractivity contribution in [3.63, 3.8) is 0 Å². The molecule has 4 unspecified atom stereocenters. The third-order valence-electron chi connectivity index (χ3n) is 5.20. The third-order valence-corrected chi connectivity index (χ3v) is 6.45. The zero-order valence-corrected chi connectivity index (χ0v) is 14.5. The molecule has 0 radical (unpaired) electrons. The molecule has 0 aromatic rings. The molecular weight excluding hydrogens is 312 g/mol. The van der Waals surface area contributed by atoms with Crippen LogP contribution in [-0.4, -0.2) is 72.2 Å². The van der Waals surface area contributed by atoms with Gasteiger partial charge in [-0.05, 0) is 19.8 Å². The molecule has 0 spiro atoms. The molecule has 2 saturated heterocycles. The molecule has 7 nitrogen and oxygen atoms in total. The van der Waals surface area contributed by atoms with Crippen molar-refractivity contribution in [3.05, 3.63) is 11.1 Å². The number of nitrogens with zero attached hydrogens (tertiary/aromatic N) is 1. The van der Waals surface area contributed by atoms with Crippen LogP contribution >= 0.6 is 11.8 Å². The largest absolute Gasteiger partial charge is 0.394 e. The Kier molecular flexibility index (Phi) is 4.57. The van der Waals surface area contributed by atoms with Crippen molar-refractivity contribution in [2.75, 3.05) is 32.2 Å². The minimum Gasteiger partial charge on any atom is -0.394 e. The van der Waals surface area contributed by atoms with E-state index in [1.54, 1.807) is 0 Å². The van der Waals surface area contributed by atoms with Crippen LogP contribution in [0.1, 0.15) is 19.8 Å². The molecule has 4 atom stereocenters. The van der Waals surface area contributed by atoms with Gasteiger partial charge in [-0.1, -0.05) is 0 Å². The maximum Gasteiger partial charge on any atom is 0.0986 e. The molecule has 23 heavy (non-hydrogen) atoms. The lowest BCUT2D eigenvalue weighted by Crippen LogP contribution is -2.68. The van der Waals surface area contributed by atoms with Gasteiger partial charge in [0.1, 0.15) is 0 Å². The number of nitrogens with one attached hydrogen (secondary N) is 5. The molecule has 3 aliphatic heterocycles. The molecule has 1 aliphatic carbocycles. The summed E-state index contributed by atoms with van der Waals surface area (Å²) in [6.45, 7) is 4.95. The summed E-state index contributed by atoms with van der Waals surface area (Å²) < 4.78 is 0. The van der Waals surface area contributed by atoms with Gasteiger partial charge in [0.05, 0.1) is 30.5 Å². The number of rotatable bonds is 5. The van der Waals surface area contributed by atoms with E-state index in [0.717, 1.165) is 25.6 Å². The Morgan fingerprint density at radius 1 is 1.30 bits per heavy atom. The molecule has 4 aliphatic rings. The van der Waals surface area contributed by atoms with Gasteiger partial charge in [0.25, 0.3) is 0 Å². The minimum atomic E-state index is -0.321. The topological polar surface area (TPSA) is 83.6 Å². The van der Waals surface area contributed by atoms with Gasteiger partial charge in [0.2, 0.25) is 0 Å². The highest BCUT2D eigenvalue weighted by Gasteiger charge is 2.41. The van der Waals surface area contributed by atoms with Crippen molar-refractivity contribution in [1.82, 2.24) is 31.5 Å². The maximum absolute atomic E-state index is 9.98. The minimum absolute atomic E-state index is 0.141. The number of fused-ring (bicyclic) bond motifs is 1. The van der Waals surface area contributed by atoms with Gasteiger partial charge in [-0.3, -0.25) is 21.3 Å². The van der Waals surface area contributed by atoms with Crippen molar-refractivity contribution >= 4 is 11.8 Å². The Balaban J connectivity index is 1.52. The number of hydrogen-bond donors (Lipinski definition) is 6. The Morgan fingerprint density at radius 3 is 2.83 bits per heavy atom. The Morgan fingerprint density at radius 2 is 2.09 bits per heavy atom. The van der Waals surface area contributed by atoms with Crippen LogP contribution in [0, 0.1) is 0 Å². The van der Waals surface area contributed by atoms with Gasteiger partial charge in [-0.2, -0.15) is 0 Å². The first-order valence-electron chi connectivity index (χ1n) is 8.62. The van der Waals surface area contributed by atoms with E-state index in [9.17, 15) is 5.11 Å². The van der Waals surface area contributed by atoms with Gasteiger partial charge in [0, 0.05) is 42.8 Å². The first kappa shape index (κ1) is 16.1. The molecule has 0 aromatic heterocycles. The summed E-state index contributed by atoms with van der Waals surface area (Å²) in [5, 5.41) is 27.6. The summed E-state index contributed by atoms with van der Waals surface area (Å²) in [4.78, 5) is 3.66. The smallest absolute Gasteiger partial charge is 0.0986 e. The lowest BCUT2D eigenvalue weighted by atomic mass is 10.0. The second kappa shape index (κ2) is 6.51. The molecule has 8 heteroatoms. The third kappa shape index (κ3) is 3.26. The van der Waals surface area contributed by atoms with E-state index in [1.807, 2.05) is 11.8 Å². The summed E-state index contributed by atoms with van der Waals surface area (Å²) >= 11 is 1.87. The lowest BCUT2D eigenvalue weighted by molar-refractivity contribution is 0.137. The monoisotopic (exact) mass is 340 g/mol. The molecule has 3 fully saturated rings. The van der Waals surface area contributed by atoms with Gasteiger partial charge in [-0.15, -0.1) is 11.8 Å². The van der Waals surface area contributed by atoms with Crippen LogP contribution in [0.5, 0.6) is 0 Å². The predicted octanol–water partition coefficient (Wildman–Crippen LogP) is -1.30. The zero-order chi connectivity index (χ0) is 15.9. The van der Waals surface area contributed by atoms with E-state index in [4.69, 9.17) is 0 Å². The molecular formula is C15H28N6OS. The summed E-state index contributed by atoms with van der Waals surface area (Å²) in [5.41, 5.74) is -0.321. The molecule has 3 heterocycles.